The Hall–Kier alpha value is -2.69. The Morgan fingerprint density at radius 1 is 1.32 bits per heavy atom. The van der Waals surface area contributed by atoms with Gasteiger partial charge in [-0.3, -0.25) is 9.78 Å². The molecule has 0 spiro atoms. The minimum absolute atomic E-state index is 0.0910. The summed E-state index contributed by atoms with van der Waals surface area (Å²) >= 11 is 0. The molecule has 5 nitrogen and oxygen atoms in total. The number of aromatic carboxylic acids is 1. The van der Waals surface area contributed by atoms with Crippen molar-refractivity contribution in [3.05, 3.63) is 58.9 Å². The molecule has 0 amide bonds. The second-order valence-corrected chi connectivity index (χ2v) is 5.52. The summed E-state index contributed by atoms with van der Waals surface area (Å²) in [5.74, 6) is -0.894. The lowest BCUT2D eigenvalue weighted by atomic mass is 10.0. The van der Waals surface area contributed by atoms with Crippen LogP contribution in [0.15, 0.2) is 36.5 Å². The normalized spacial score (nSPS) is 17.3. The number of aromatic nitrogens is 1. The van der Waals surface area contributed by atoms with E-state index >= 15 is 0 Å². The first-order valence-electron chi connectivity index (χ1n) is 7.10. The first-order chi connectivity index (χ1) is 10.5. The number of carbonyl (C=O) groups is 2. The van der Waals surface area contributed by atoms with Crippen molar-refractivity contribution in [3.63, 3.8) is 0 Å². The van der Waals surface area contributed by atoms with Gasteiger partial charge in [-0.05, 0) is 48.4 Å². The number of carbonyl (C=O) groups excluding carboxylic acids is 1. The van der Waals surface area contributed by atoms with Crippen LogP contribution in [0.1, 0.15) is 39.6 Å². The molecular formula is C17H16N2O3. The van der Waals surface area contributed by atoms with Crippen molar-refractivity contribution < 1.29 is 14.7 Å². The lowest BCUT2D eigenvalue weighted by molar-refractivity contribution is -0.118. The van der Waals surface area contributed by atoms with Crippen molar-refractivity contribution >= 4 is 17.4 Å². The lowest BCUT2D eigenvalue weighted by Gasteiger charge is -2.18. The fraction of sp³-hybridized carbons (Fsp3) is 0.235. The van der Waals surface area contributed by atoms with Gasteiger partial charge in [0.05, 0.1) is 11.6 Å². The minimum Gasteiger partial charge on any atom is -0.478 e. The quantitative estimate of drug-likeness (QED) is 0.890. The van der Waals surface area contributed by atoms with Crippen LogP contribution in [0.4, 0.5) is 5.69 Å². The van der Waals surface area contributed by atoms with E-state index in [4.69, 9.17) is 5.11 Å². The number of rotatable bonds is 2. The van der Waals surface area contributed by atoms with Crippen LogP contribution in [0.5, 0.6) is 0 Å². The summed E-state index contributed by atoms with van der Waals surface area (Å²) in [7, 11) is 0. The van der Waals surface area contributed by atoms with Gasteiger partial charge >= 0.3 is 5.97 Å². The number of anilines is 1. The van der Waals surface area contributed by atoms with E-state index in [0.29, 0.717) is 6.42 Å². The molecule has 0 bridgehead atoms. The molecule has 0 saturated carbocycles. The highest BCUT2D eigenvalue weighted by Gasteiger charge is 2.23. The van der Waals surface area contributed by atoms with Gasteiger partial charge < -0.3 is 10.4 Å². The van der Waals surface area contributed by atoms with Crippen molar-refractivity contribution in [2.45, 2.75) is 25.8 Å². The number of nitrogens with zero attached hydrogens (tertiary/aromatic N) is 1. The monoisotopic (exact) mass is 296 g/mol. The zero-order valence-corrected chi connectivity index (χ0v) is 12.2. The van der Waals surface area contributed by atoms with Crippen LogP contribution < -0.4 is 5.32 Å². The van der Waals surface area contributed by atoms with Gasteiger partial charge in [0.2, 0.25) is 0 Å². The number of carboxylic acid groups (broad SMARTS) is 1. The predicted octanol–water partition coefficient (Wildman–Crippen LogP) is 2.76. The highest BCUT2D eigenvalue weighted by atomic mass is 16.4. The summed E-state index contributed by atoms with van der Waals surface area (Å²) < 4.78 is 0. The molecule has 2 heterocycles. The van der Waals surface area contributed by atoms with Crippen molar-refractivity contribution in [2.24, 2.45) is 0 Å². The third kappa shape index (κ3) is 2.83. The Morgan fingerprint density at radius 2 is 2.14 bits per heavy atom. The maximum atomic E-state index is 12.2. The molecule has 3 rings (SSSR count). The molecule has 0 aliphatic carbocycles. The Morgan fingerprint density at radius 3 is 2.86 bits per heavy atom. The maximum absolute atomic E-state index is 12.2. The summed E-state index contributed by atoms with van der Waals surface area (Å²) in [5, 5.41) is 12.4. The summed E-state index contributed by atoms with van der Waals surface area (Å²) in [6.07, 6.45) is 2.36. The molecule has 1 aliphatic heterocycles. The molecule has 1 aromatic carbocycles. The standard InChI is InChI=1S/C17H16N2O3/c1-10-6-11(4-5-18-10)16-9-14(20)8-13-7-12(17(21)22)2-3-15(13)19-16/h2-7,16,19H,8-9H2,1H3,(H,21,22). The van der Waals surface area contributed by atoms with Crippen molar-refractivity contribution in [2.75, 3.05) is 5.32 Å². The predicted molar refractivity (Wildman–Crippen MR) is 82.1 cm³/mol. The van der Waals surface area contributed by atoms with E-state index in [0.717, 1.165) is 22.5 Å². The Bertz CT molecular complexity index is 755. The average Bonchev–Trinajstić information content (AvgIpc) is 2.64. The smallest absolute Gasteiger partial charge is 0.335 e. The van der Waals surface area contributed by atoms with E-state index in [1.165, 1.54) is 0 Å². The van der Waals surface area contributed by atoms with Gasteiger partial charge in [0.25, 0.3) is 0 Å². The molecule has 22 heavy (non-hydrogen) atoms. The number of benzene rings is 1. The van der Waals surface area contributed by atoms with Gasteiger partial charge in [-0.2, -0.15) is 0 Å². The van der Waals surface area contributed by atoms with Gasteiger partial charge in [0.1, 0.15) is 5.78 Å². The Balaban J connectivity index is 1.98. The van der Waals surface area contributed by atoms with E-state index in [1.54, 1.807) is 24.4 Å². The number of pyridine rings is 1. The van der Waals surface area contributed by atoms with Crippen LogP contribution in [0, 0.1) is 6.92 Å². The number of Topliss-reactive ketones (excluding diaryl/α,β-unsaturated/α-hetero) is 1. The van der Waals surface area contributed by atoms with E-state index in [9.17, 15) is 9.59 Å². The topological polar surface area (TPSA) is 79.3 Å². The summed E-state index contributed by atoms with van der Waals surface area (Å²) in [6.45, 7) is 1.91. The fourth-order valence-corrected chi connectivity index (χ4v) is 2.75. The van der Waals surface area contributed by atoms with Gasteiger partial charge in [0.15, 0.2) is 0 Å². The number of hydrogen-bond donors (Lipinski definition) is 2. The van der Waals surface area contributed by atoms with Crippen molar-refractivity contribution in [1.29, 1.82) is 0 Å². The first kappa shape index (κ1) is 14.3. The highest BCUT2D eigenvalue weighted by molar-refractivity contribution is 5.91. The molecule has 0 radical (unpaired) electrons. The van der Waals surface area contributed by atoms with E-state index < -0.39 is 5.97 Å². The van der Waals surface area contributed by atoms with E-state index in [2.05, 4.69) is 10.3 Å². The second kappa shape index (κ2) is 5.60. The molecule has 5 heteroatoms. The summed E-state index contributed by atoms with van der Waals surface area (Å²) in [6, 6.07) is 8.60. The molecule has 1 atom stereocenters. The number of fused-ring (bicyclic) bond motifs is 1. The molecule has 1 aliphatic rings. The number of aryl methyl sites for hydroxylation is 1. The van der Waals surface area contributed by atoms with Crippen LogP contribution >= 0.6 is 0 Å². The van der Waals surface area contributed by atoms with Gasteiger partial charge in [-0.25, -0.2) is 4.79 Å². The third-order valence-electron chi connectivity index (χ3n) is 3.82. The number of ketones is 1. The molecule has 2 N–H and O–H groups in total. The Kier molecular flexibility index (Phi) is 3.63. The molecule has 0 saturated heterocycles. The van der Waals surface area contributed by atoms with Crippen LogP contribution in [0.3, 0.4) is 0 Å². The van der Waals surface area contributed by atoms with Gasteiger partial charge in [0, 0.05) is 30.4 Å². The summed E-state index contributed by atoms with van der Waals surface area (Å²) in [5.41, 5.74) is 3.66. The zero-order valence-electron chi connectivity index (χ0n) is 12.2. The molecular weight excluding hydrogens is 280 g/mol. The van der Waals surface area contributed by atoms with Crippen LogP contribution in [-0.2, 0) is 11.2 Å². The molecule has 0 fully saturated rings. The van der Waals surface area contributed by atoms with E-state index in [-0.39, 0.29) is 23.8 Å². The first-order valence-corrected chi connectivity index (χ1v) is 7.10. The lowest BCUT2D eigenvalue weighted by Crippen LogP contribution is -2.13. The largest absolute Gasteiger partial charge is 0.478 e. The number of nitrogens with one attached hydrogen (secondary N) is 1. The third-order valence-corrected chi connectivity index (χ3v) is 3.82. The second-order valence-electron chi connectivity index (χ2n) is 5.52. The zero-order chi connectivity index (χ0) is 15.7. The van der Waals surface area contributed by atoms with Crippen LogP contribution in [-0.4, -0.2) is 21.8 Å². The fourth-order valence-electron chi connectivity index (χ4n) is 2.75. The number of hydrogen-bond acceptors (Lipinski definition) is 4. The molecule has 1 aromatic heterocycles. The molecule has 1 unspecified atom stereocenters. The number of carboxylic acids is 1. The van der Waals surface area contributed by atoms with Crippen molar-refractivity contribution in [3.8, 4) is 0 Å². The Labute approximate surface area is 128 Å². The van der Waals surface area contributed by atoms with Crippen molar-refractivity contribution in [1.82, 2.24) is 4.98 Å². The van der Waals surface area contributed by atoms with E-state index in [1.807, 2.05) is 19.1 Å². The maximum Gasteiger partial charge on any atom is 0.335 e. The minimum atomic E-state index is -0.985. The molecule has 112 valence electrons. The summed E-state index contributed by atoms with van der Waals surface area (Å²) in [4.78, 5) is 27.4. The van der Waals surface area contributed by atoms with Crippen LogP contribution in [0.25, 0.3) is 0 Å². The SMILES string of the molecule is Cc1cc(C2CC(=O)Cc3cc(C(=O)O)ccc3N2)ccn1. The average molecular weight is 296 g/mol. The van der Waals surface area contributed by atoms with Crippen LogP contribution in [0.2, 0.25) is 0 Å². The molecule has 2 aromatic rings. The van der Waals surface area contributed by atoms with Gasteiger partial charge in [-0.1, -0.05) is 0 Å². The van der Waals surface area contributed by atoms with Gasteiger partial charge in [-0.15, -0.1) is 0 Å². The highest BCUT2D eigenvalue weighted by Crippen LogP contribution is 2.30.